The van der Waals surface area contributed by atoms with Crippen LogP contribution >= 0.6 is 0 Å². The Morgan fingerprint density at radius 3 is 2.80 bits per heavy atom. The fourth-order valence-corrected chi connectivity index (χ4v) is 1.17. The van der Waals surface area contributed by atoms with Crippen LogP contribution in [0.4, 0.5) is 0 Å². The second kappa shape index (κ2) is 4.29. The van der Waals surface area contributed by atoms with Gasteiger partial charge in [-0.1, -0.05) is 6.08 Å². The Labute approximate surface area is 86.6 Å². The van der Waals surface area contributed by atoms with E-state index in [4.69, 9.17) is 9.84 Å². The van der Waals surface area contributed by atoms with Gasteiger partial charge in [-0.2, -0.15) is 0 Å². The molecule has 1 rings (SSSR count). The Morgan fingerprint density at radius 1 is 1.67 bits per heavy atom. The molecule has 0 heterocycles. The zero-order chi connectivity index (χ0) is 11.5. The summed E-state index contributed by atoms with van der Waals surface area (Å²) < 4.78 is 4.76. The summed E-state index contributed by atoms with van der Waals surface area (Å²) in [6.45, 7) is 0. The number of carboxylic acid groups (broad SMARTS) is 1. The van der Waals surface area contributed by atoms with Gasteiger partial charge in [0.1, 0.15) is 5.76 Å². The summed E-state index contributed by atoms with van der Waals surface area (Å²) in [6, 6.07) is 0. The summed E-state index contributed by atoms with van der Waals surface area (Å²) in [7, 11) is 1.32. The first-order valence-corrected chi connectivity index (χ1v) is 4.27. The monoisotopic (exact) mass is 212 g/mol. The zero-order valence-corrected chi connectivity index (χ0v) is 8.17. The molecule has 1 unspecified atom stereocenters. The maximum absolute atomic E-state index is 10.2. The Bertz CT molecular complexity index is 353. The summed E-state index contributed by atoms with van der Waals surface area (Å²) in [5, 5.41) is 27.5. The van der Waals surface area contributed by atoms with Crippen molar-refractivity contribution in [2.45, 2.75) is 12.2 Å². The molecule has 0 spiro atoms. The highest BCUT2D eigenvalue weighted by Crippen LogP contribution is 2.26. The lowest BCUT2D eigenvalue weighted by Crippen LogP contribution is -2.30. The van der Waals surface area contributed by atoms with E-state index < -0.39 is 11.8 Å². The van der Waals surface area contributed by atoms with Gasteiger partial charge in [-0.05, 0) is 12.2 Å². The fourth-order valence-electron chi connectivity index (χ4n) is 1.17. The van der Waals surface area contributed by atoms with Crippen LogP contribution in [0, 0.1) is 0 Å². The van der Waals surface area contributed by atoms with Crippen molar-refractivity contribution in [1.82, 2.24) is 0 Å². The predicted octanol–water partition coefficient (Wildman–Crippen LogP) is 0.734. The molecule has 0 fully saturated rings. The van der Waals surface area contributed by atoms with Crippen LogP contribution in [-0.2, 0) is 9.53 Å². The van der Waals surface area contributed by atoms with Crippen molar-refractivity contribution >= 4 is 5.97 Å². The molecule has 0 amide bonds. The quantitative estimate of drug-likeness (QED) is 0.474. The Hall–Kier alpha value is -1.59. The van der Waals surface area contributed by atoms with Gasteiger partial charge in [-0.15, -0.1) is 0 Å². The molecule has 5 heteroatoms. The highest BCUT2D eigenvalue weighted by atomic mass is 16.6. The molecule has 15 heavy (non-hydrogen) atoms. The van der Waals surface area contributed by atoms with Crippen LogP contribution in [0.2, 0.25) is 0 Å². The number of methoxy groups -OCH3 is 1. The van der Waals surface area contributed by atoms with Gasteiger partial charge >= 0.3 is 5.97 Å². The summed E-state index contributed by atoms with van der Waals surface area (Å²) in [5.41, 5.74) is 0.346. The van der Waals surface area contributed by atoms with E-state index in [2.05, 4.69) is 0 Å². The second-order valence-corrected chi connectivity index (χ2v) is 3.13. The number of aliphatic carboxylic acids is 1. The van der Waals surface area contributed by atoms with Crippen LogP contribution in [0.15, 0.2) is 35.6 Å². The summed E-state index contributed by atoms with van der Waals surface area (Å²) in [5.74, 6) is -2.72. The van der Waals surface area contributed by atoms with Gasteiger partial charge in [0.05, 0.1) is 6.42 Å². The summed E-state index contributed by atoms with van der Waals surface area (Å²) in [6.07, 6.45) is 4.83. The minimum Gasteiger partial charge on any atom is -0.511 e. The number of allylic oxidation sites excluding steroid dienone is 3. The van der Waals surface area contributed by atoms with Gasteiger partial charge in [0, 0.05) is 18.8 Å². The number of carbonyl (C=O) groups is 1. The lowest BCUT2D eigenvalue weighted by Gasteiger charge is -2.25. The molecular weight excluding hydrogens is 200 g/mol. The maximum Gasteiger partial charge on any atom is 0.328 e. The first-order chi connectivity index (χ1) is 6.97. The topological polar surface area (TPSA) is 87.0 Å². The average Bonchev–Trinajstić information content (AvgIpc) is 2.16. The molecule has 0 radical (unpaired) electrons. The molecular formula is C10H12O5. The summed E-state index contributed by atoms with van der Waals surface area (Å²) in [4.78, 5) is 10.2. The van der Waals surface area contributed by atoms with Crippen LogP contribution in [0.3, 0.4) is 0 Å². The van der Waals surface area contributed by atoms with E-state index in [1.807, 2.05) is 0 Å². The third-order valence-electron chi connectivity index (χ3n) is 2.04. The van der Waals surface area contributed by atoms with Crippen LogP contribution in [0.1, 0.15) is 6.42 Å². The molecule has 0 aliphatic heterocycles. The molecule has 1 aliphatic rings. The SMILES string of the molecule is COC1(O)C=CC(/C=C\C(=O)O)=C(O)C1. The number of hydrogen-bond acceptors (Lipinski definition) is 4. The van der Waals surface area contributed by atoms with Gasteiger partial charge in [-0.25, -0.2) is 4.79 Å². The Balaban J connectivity index is 2.83. The van der Waals surface area contributed by atoms with E-state index in [1.54, 1.807) is 0 Å². The predicted molar refractivity (Wildman–Crippen MR) is 52.1 cm³/mol. The molecule has 0 saturated heterocycles. The molecule has 0 aromatic heterocycles. The number of ether oxygens (including phenoxy) is 1. The van der Waals surface area contributed by atoms with Gasteiger partial charge in [0.25, 0.3) is 0 Å². The number of aliphatic hydroxyl groups is 2. The summed E-state index contributed by atoms with van der Waals surface area (Å²) >= 11 is 0. The van der Waals surface area contributed by atoms with E-state index in [-0.39, 0.29) is 12.2 Å². The van der Waals surface area contributed by atoms with Crippen molar-refractivity contribution in [1.29, 1.82) is 0 Å². The van der Waals surface area contributed by atoms with Crippen molar-refractivity contribution in [2.24, 2.45) is 0 Å². The molecule has 82 valence electrons. The number of carboxylic acids is 1. The minimum absolute atomic E-state index is 0.0979. The van der Waals surface area contributed by atoms with Crippen molar-refractivity contribution in [3.63, 3.8) is 0 Å². The van der Waals surface area contributed by atoms with E-state index >= 15 is 0 Å². The van der Waals surface area contributed by atoms with E-state index in [0.29, 0.717) is 5.57 Å². The van der Waals surface area contributed by atoms with Crippen molar-refractivity contribution in [2.75, 3.05) is 7.11 Å². The molecule has 0 aromatic rings. The van der Waals surface area contributed by atoms with Gasteiger partial charge in [-0.3, -0.25) is 0 Å². The van der Waals surface area contributed by atoms with Crippen LogP contribution in [0.25, 0.3) is 0 Å². The third-order valence-corrected chi connectivity index (χ3v) is 2.04. The van der Waals surface area contributed by atoms with Gasteiger partial charge in [0.15, 0.2) is 5.79 Å². The lowest BCUT2D eigenvalue weighted by molar-refractivity contribution is -0.149. The highest BCUT2D eigenvalue weighted by Gasteiger charge is 2.28. The minimum atomic E-state index is -1.51. The average molecular weight is 212 g/mol. The second-order valence-electron chi connectivity index (χ2n) is 3.13. The van der Waals surface area contributed by atoms with E-state index in [0.717, 1.165) is 6.08 Å². The number of hydrogen-bond donors (Lipinski definition) is 3. The van der Waals surface area contributed by atoms with Gasteiger partial charge < -0.3 is 20.1 Å². The third kappa shape index (κ3) is 2.93. The highest BCUT2D eigenvalue weighted by molar-refractivity contribution is 5.80. The number of aliphatic hydroxyl groups excluding tert-OH is 1. The molecule has 0 bridgehead atoms. The Kier molecular flexibility index (Phi) is 3.28. The van der Waals surface area contributed by atoms with Crippen LogP contribution in [0.5, 0.6) is 0 Å². The molecule has 5 nitrogen and oxygen atoms in total. The zero-order valence-electron chi connectivity index (χ0n) is 8.17. The van der Waals surface area contributed by atoms with Crippen molar-refractivity contribution < 1.29 is 24.9 Å². The normalized spacial score (nSPS) is 26.3. The lowest BCUT2D eigenvalue weighted by atomic mass is 9.99. The molecule has 1 aliphatic carbocycles. The van der Waals surface area contributed by atoms with E-state index in [1.165, 1.54) is 25.3 Å². The fraction of sp³-hybridized carbons (Fsp3) is 0.300. The molecule has 1 atom stereocenters. The van der Waals surface area contributed by atoms with Crippen LogP contribution in [-0.4, -0.2) is 34.2 Å². The van der Waals surface area contributed by atoms with Crippen molar-refractivity contribution in [3.8, 4) is 0 Å². The molecule has 3 N–H and O–H groups in total. The number of rotatable bonds is 3. The van der Waals surface area contributed by atoms with Crippen molar-refractivity contribution in [3.05, 3.63) is 35.6 Å². The molecule has 0 aromatic carbocycles. The van der Waals surface area contributed by atoms with E-state index in [9.17, 15) is 15.0 Å². The largest absolute Gasteiger partial charge is 0.511 e. The smallest absolute Gasteiger partial charge is 0.328 e. The first-order valence-electron chi connectivity index (χ1n) is 4.27. The Morgan fingerprint density at radius 2 is 2.33 bits per heavy atom. The van der Waals surface area contributed by atoms with Gasteiger partial charge in [0.2, 0.25) is 0 Å². The standard InChI is InChI=1S/C10H12O5/c1-15-10(14)5-4-7(8(11)6-10)2-3-9(12)13/h2-5,11,14H,6H2,1H3,(H,12,13)/b3-2-. The maximum atomic E-state index is 10.2. The first kappa shape index (κ1) is 11.5. The van der Waals surface area contributed by atoms with Crippen LogP contribution < -0.4 is 0 Å². The molecule has 0 saturated carbocycles.